The van der Waals surface area contributed by atoms with Gasteiger partial charge in [-0.2, -0.15) is 0 Å². The second-order valence-corrected chi connectivity index (χ2v) is 5.46. The van der Waals surface area contributed by atoms with Gasteiger partial charge in [-0.3, -0.25) is 9.78 Å². The largest absolute Gasteiger partial charge is 0.379 e. The van der Waals surface area contributed by atoms with Crippen molar-refractivity contribution >= 4 is 11.7 Å². The van der Waals surface area contributed by atoms with E-state index < -0.39 is 0 Å². The van der Waals surface area contributed by atoms with Crippen LogP contribution in [0.3, 0.4) is 0 Å². The van der Waals surface area contributed by atoms with E-state index in [4.69, 9.17) is 4.74 Å². The molecule has 0 spiro atoms. The maximum atomic E-state index is 12.3. The van der Waals surface area contributed by atoms with E-state index in [1.54, 1.807) is 18.1 Å². The first kappa shape index (κ1) is 15.7. The van der Waals surface area contributed by atoms with Gasteiger partial charge >= 0.3 is 0 Å². The van der Waals surface area contributed by atoms with Crippen LogP contribution in [0.4, 0.5) is 5.82 Å². The molecule has 0 atom stereocenters. The molecule has 116 valence electrons. The van der Waals surface area contributed by atoms with E-state index in [-0.39, 0.29) is 5.91 Å². The lowest BCUT2D eigenvalue weighted by molar-refractivity contribution is 0.0676. The summed E-state index contributed by atoms with van der Waals surface area (Å²) in [6, 6.07) is 0. The molecule has 0 saturated heterocycles. The number of aromatic nitrogens is 2. The molecule has 1 saturated carbocycles. The van der Waals surface area contributed by atoms with E-state index in [9.17, 15) is 4.79 Å². The predicted octanol–water partition coefficient (Wildman–Crippen LogP) is 1.80. The number of anilines is 1. The number of nitrogens with zero attached hydrogens (tertiary/aromatic N) is 3. The Morgan fingerprint density at radius 2 is 2.29 bits per heavy atom. The van der Waals surface area contributed by atoms with Crippen molar-refractivity contribution in [2.45, 2.75) is 26.2 Å². The normalized spacial score (nSPS) is 14.0. The van der Waals surface area contributed by atoms with Crippen molar-refractivity contribution in [1.29, 1.82) is 0 Å². The zero-order valence-corrected chi connectivity index (χ0v) is 12.8. The molecule has 1 aromatic rings. The topological polar surface area (TPSA) is 67.4 Å². The van der Waals surface area contributed by atoms with Crippen molar-refractivity contribution in [2.75, 3.05) is 38.7 Å². The fourth-order valence-electron chi connectivity index (χ4n) is 1.84. The molecule has 2 rings (SSSR count). The highest BCUT2D eigenvalue weighted by atomic mass is 16.5. The Bertz CT molecular complexity index is 463. The third kappa shape index (κ3) is 5.30. The fourth-order valence-corrected chi connectivity index (χ4v) is 1.84. The average Bonchev–Trinajstić information content (AvgIpc) is 3.33. The van der Waals surface area contributed by atoms with Crippen molar-refractivity contribution in [3.8, 4) is 0 Å². The molecule has 1 N–H and O–H groups in total. The van der Waals surface area contributed by atoms with Crippen LogP contribution in [0.25, 0.3) is 0 Å². The van der Waals surface area contributed by atoms with Crippen LogP contribution in [0, 0.1) is 5.92 Å². The molecule has 1 aromatic heterocycles. The minimum Gasteiger partial charge on any atom is -0.379 e. The van der Waals surface area contributed by atoms with Crippen LogP contribution in [0.15, 0.2) is 12.4 Å². The van der Waals surface area contributed by atoms with Gasteiger partial charge in [0.05, 0.1) is 19.0 Å². The number of hydrogen-bond donors (Lipinski definition) is 1. The molecule has 0 aliphatic heterocycles. The Hall–Kier alpha value is -1.69. The van der Waals surface area contributed by atoms with Crippen molar-refractivity contribution in [1.82, 2.24) is 14.9 Å². The van der Waals surface area contributed by atoms with E-state index in [2.05, 4.69) is 22.2 Å². The van der Waals surface area contributed by atoms with Crippen molar-refractivity contribution < 1.29 is 9.53 Å². The Kier molecular flexibility index (Phi) is 5.92. The van der Waals surface area contributed by atoms with Crippen LogP contribution in [-0.4, -0.2) is 54.1 Å². The number of nitrogens with one attached hydrogen (secondary N) is 1. The van der Waals surface area contributed by atoms with Crippen LogP contribution in [-0.2, 0) is 4.74 Å². The van der Waals surface area contributed by atoms with Crippen molar-refractivity contribution in [3.63, 3.8) is 0 Å². The van der Waals surface area contributed by atoms with Crippen LogP contribution in [0.1, 0.15) is 36.7 Å². The Morgan fingerprint density at radius 1 is 1.48 bits per heavy atom. The lowest BCUT2D eigenvalue weighted by Gasteiger charge is -2.17. The van der Waals surface area contributed by atoms with Gasteiger partial charge in [0, 0.05) is 26.7 Å². The minimum absolute atomic E-state index is 0.127. The zero-order chi connectivity index (χ0) is 15.1. The summed E-state index contributed by atoms with van der Waals surface area (Å²) in [6.45, 7) is 4.85. The Labute approximate surface area is 125 Å². The number of hydrogen-bond acceptors (Lipinski definition) is 5. The quantitative estimate of drug-likeness (QED) is 0.703. The summed E-state index contributed by atoms with van der Waals surface area (Å²) in [6.07, 6.45) is 6.69. The summed E-state index contributed by atoms with van der Waals surface area (Å²) < 4.78 is 5.55. The summed E-state index contributed by atoms with van der Waals surface area (Å²) in [5.41, 5.74) is 0.362. The zero-order valence-electron chi connectivity index (χ0n) is 12.8. The molecule has 1 aliphatic rings. The second kappa shape index (κ2) is 7.93. The highest BCUT2D eigenvalue weighted by molar-refractivity contribution is 5.92. The van der Waals surface area contributed by atoms with E-state index in [0.717, 1.165) is 25.5 Å². The van der Waals surface area contributed by atoms with Gasteiger partial charge in [-0.05, 0) is 25.2 Å². The number of carbonyl (C=O) groups excluding carboxylic acids is 1. The van der Waals surface area contributed by atoms with Crippen LogP contribution >= 0.6 is 0 Å². The van der Waals surface area contributed by atoms with Gasteiger partial charge in [-0.1, -0.05) is 6.92 Å². The SMILES string of the molecule is CCCNc1cncc(C(=O)N(C)CCOCC2CC2)n1. The first-order valence-electron chi connectivity index (χ1n) is 7.59. The molecule has 0 radical (unpaired) electrons. The highest BCUT2D eigenvalue weighted by Crippen LogP contribution is 2.28. The number of carbonyl (C=O) groups is 1. The van der Waals surface area contributed by atoms with Gasteiger partial charge in [0.25, 0.3) is 5.91 Å². The monoisotopic (exact) mass is 292 g/mol. The smallest absolute Gasteiger partial charge is 0.273 e. The first-order chi connectivity index (χ1) is 10.2. The van der Waals surface area contributed by atoms with E-state index in [0.29, 0.717) is 24.7 Å². The molecule has 6 heteroatoms. The third-order valence-corrected chi connectivity index (χ3v) is 3.38. The van der Waals surface area contributed by atoms with Gasteiger partial charge in [0.1, 0.15) is 11.5 Å². The molecule has 1 heterocycles. The summed E-state index contributed by atoms with van der Waals surface area (Å²) in [5.74, 6) is 1.26. The predicted molar refractivity (Wildman–Crippen MR) is 81.3 cm³/mol. The fraction of sp³-hybridized carbons (Fsp3) is 0.667. The van der Waals surface area contributed by atoms with Crippen LogP contribution in [0.5, 0.6) is 0 Å². The molecule has 1 aliphatic carbocycles. The molecule has 0 aromatic carbocycles. The van der Waals surface area contributed by atoms with Crippen molar-refractivity contribution in [3.05, 3.63) is 18.1 Å². The Balaban J connectivity index is 1.79. The number of rotatable bonds is 9. The van der Waals surface area contributed by atoms with Gasteiger partial charge in [-0.15, -0.1) is 0 Å². The molecule has 0 bridgehead atoms. The second-order valence-electron chi connectivity index (χ2n) is 5.46. The lowest BCUT2D eigenvalue weighted by atomic mass is 10.3. The average molecular weight is 292 g/mol. The molecular weight excluding hydrogens is 268 g/mol. The minimum atomic E-state index is -0.127. The van der Waals surface area contributed by atoms with E-state index in [1.165, 1.54) is 19.0 Å². The summed E-state index contributed by atoms with van der Waals surface area (Å²) in [5, 5.41) is 3.13. The summed E-state index contributed by atoms with van der Waals surface area (Å²) in [4.78, 5) is 22.2. The maximum Gasteiger partial charge on any atom is 0.273 e. The highest BCUT2D eigenvalue weighted by Gasteiger charge is 2.21. The summed E-state index contributed by atoms with van der Waals surface area (Å²) >= 11 is 0. The van der Waals surface area contributed by atoms with Gasteiger partial charge < -0.3 is 15.0 Å². The molecule has 21 heavy (non-hydrogen) atoms. The molecule has 6 nitrogen and oxygen atoms in total. The van der Waals surface area contributed by atoms with Gasteiger partial charge in [0.15, 0.2) is 0 Å². The van der Waals surface area contributed by atoms with E-state index in [1.807, 2.05) is 0 Å². The van der Waals surface area contributed by atoms with Crippen molar-refractivity contribution in [2.24, 2.45) is 5.92 Å². The molecular formula is C15H24N4O2. The van der Waals surface area contributed by atoms with Crippen LogP contribution < -0.4 is 5.32 Å². The third-order valence-electron chi connectivity index (χ3n) is 3.38. The molecule has 0 unspecified atom stereocenters. The van der Waals surface area contributed by atoms with Gasteiger partial charge in [-0.25, -0.2) is 4.98 Å². The number of ether oxygens (including phenoxy) is 1. The number of amides is 1. The molecule has 1 fully saturated rings. The standard InChI is InChI=1S/C15H24N4O2/c1-3-6-17-14-10-16-9-13(18-14)15(20)19(2)7-8-21-11-12-4-5-12/h9-10,12H,3-8,11H2,1-2H3,(H,17,18). The Morgan fingerprint density at radius 3 is 3.00 bits per heavy atom. The van der Waals surface area contributed by atoms with Crippen LogP contribution in [0.2, 0.25) is 0 Å². The van der Waals surface area contributed by atoms with E-state index >= 15 is 0 Å². The summed E-state index contributed by atoms with van der Waals surface area (Å²) in [7, 11) is 1.76. The lowest BCUT2D eigenvalue weighted by Crippen LogP contribution is -2.31. The molecule has 1 amide bonds. The van der Waals surface area contributed by atoms with Gasteiger partial charge in [0.2, 0.25) is 0 Å². The number of likely N-dealkylation sites (N-methyl/N-ethyl adjacent to an activating group) is 1. The maximum absolute atomic E-state index is 12.3. The first-order valence-corrected chi connectivity index (χ1v) is 7.59.